The summed E-state index contributed by atoms with van der Waals surface area (Å²) in [5, 5.41) is 4.50. The molecule has 2 heterocycles. The lowest BCUT2D eigenvalue weighted by Crippen LogP contribution is -2.50. The highest BCUT2D eigenvalue weighted by atomic mass is 16.7. The van der Waals surface area contributed by atoms with E-state index in [1.54, 1.807) is 46.0 Å². The number of anilines is 1. The average molecular weight is 421 g/mol. The first-order chi connectivity index (χ1) is 14.2. The van der Waals surface area contributed by atoms with Crippen LogP contribution in [0.5, 0.6) is 11.5 Å². The summed E-state index contributed by atoms with van der Waals surface area (Å²) in [5.74, 6) is 0.886. The molecule has 0 radical (unpaired) electrons. The van der Waals surface area contributed by atoms with Gasteiger partial charge in [-0.25, -0.2) is 4.79 Å². The molecule has 166 valence electrons. The van der Waals surface area contributed by atoms with E-state index < -0.39 is 17.7 Å². The van der Waals surface area contributed by atoms with Gasteiger partial charge in [0, 0.05) is 19.7 Å². The highest BCUT2D eigenvalue weighted by Gasteiger charge is 2.32. The van der Waals surface area contributed by atoms with Gasteiger partial charge in [-0.1, -0.05) is 0 Å². The van der Waals surface area contributed by atoms with Gasteiger partial charge in [-0.05, 0) is 45.7 Å². The van der Waals surface area contributed by atoms with Crippen molar-refractivity contribution in [2.75, 3.05) is 44.9 Å². The molecule has 2 aliphatic heterocycles. The predicted octanol–water partition coefficient (Wildman–Crippen LogP) is 2.34. The molecule has 2 amide bonds. The second kappa shape index (κ2) is 9.53. The van der Waals surface area contributed by atoms with Crippen molar-refractivity contribution in [2.24, 2.45) is 0 Å². The molecule has 0 spiro atoms. The first kappa shape index (κ1) is 22.2. The maximum Gasteiger partial charge on any atom is 0.408 e. The zero-order chi connectivity index (χ0) is 21.7. The molecule has 0 aromatic heterocycles. The van der Waals surface area contributed by atoms with Crippen LogP contribution in [-0.2, 0) is 14.4 Å². The Bertz CT molecular complexity index is 758. The summed E-state index contributed by atoms with van der Waals surface area (Å²) >= 11 is 0. The lowest BCUT2D eigenvalue weighted by molar-refractivity contribution is -0.183. The van der Waals surface area contributed by atoms with E-state index in [-0.39, 0.29) is 12.5 Å². The van der Waals surface area contributed by atoms with E-state index in [0.29, 0.717) is 30.3 Å². The summed E-state index contributed by atoms with van der Waals surface area (Å²) < 4.78 is 16.9. The Morgan fingerprint density at radius 1 is 1.30 bits per heavy atom. The molecule has 1 aromatic carbocycles. The van der Waals surface area contributed by atoms with Crippen molar-refractivity contribution in [1.29, 1.82) is 0 Å². The van der Waals surface area contributed by atoms with E-state index in [2.05, 4.69) is 5.32 Å². The van der Waals surface area contributed by atoms with Crippen molar-refractivity contribution >= 4 is 17.7 Å². The largest absolute Gasteiger partial charge is 0.492 e. The van der Waals surface area contributed by atoms with Crippen LogP contribution in [0.2, 0.25) is 0 Å². The molecule has 1 fully saturated rings. The highest BCUT2D eigenvalue weighted by Crippen LogP contribution is 2.34. The Kier molecular flexibility index (Phi) is 7.04. The van der Waals surface area contributed by atoms with Gasteiger partial charge in [0.15, 0.2) is 0 Å². The van der Waals surface area contributed by atoms with Gasteiger partial charge in [0.25, 0.3) is 5.91 Å². The molecular weight excluding hydrogens is 390 g/mol. The Morgan fingerprint density at radius 3 is 2.80 bits per heavy atom. The summed E-state index contributed by atoms with van der Waals surface area (Å²) in [6.45, 7) is 8.11. The number of nitrogens with one attached hydrogen (secondary N) is 1. The number of hydrogen-bond donors (Lipinski definition) is 1. The minimum Gasteiger partial charge on any atom is -0.492 e. The van der Waals surface area contributed by atoms with Gasteiger partial charge in [0.05, 0.1) is 18.8 Å². The SMILES string of the molecule is CN1C(=O)[C@@H](NC(=O)OC(C)(C)C)COc2ccc(OCCN3CCCCO3)cc21. The minimum absolute atomic E-state index is 0.0158. The number of fused-ring (bicyclic) bond motifs is 1. The fourth-order valence-electron chi connectivity index (χ4n) is 3.21. The quantitative estimate of drug-likeness (QED) is 0.780. The Labute approximate surface area is 177 Å². The standard InChI is InChI=1S/C21H31N3O6/c1-21(2,3)30-20(26)22-16-14-28-18-8-7-15(13-17(18)23(4)19(16)25)27-12-10-24-9-5-6-11-29-24/h7-8,13,16H,5-6,9-12,14H2,1-4H3,(H,22,26)/t16-/m0/s1. The fourth-order valence-corrected chi connectivity index (χ4v) is 3.21. The van der Waals surface area contributed by atoms with E-state index in [1.165, 1.54) is 4.90 Å². The number of hydrogen-bond acceptors (Lipinski definition) is 7. The number of amides is 2. The molecule has 1 saturated heterocycles. The van der Waals surface area contributed by atoms with E-state index in [0.717, 1.165) is 26.0 Å². The summed E-state index contributed by atoms with van der Waals surface area (Å²) in [6.07, 6.45) is 1.56. The van der Waals surface area contributed by atoms with Crippen LogP contribution in [0.4, 0.5) is 10.5 Å². The van der Waals surface area contributed by atoms with Gasteiger partial charge in [0.2, 0.25) is 0 Å². The maximum atomic E-state index is 12.9. The Hall–Kier alpha value is -2.52. The third-order valence-corrected chi connectivity index (χ3v) is 4.70. The number of hydroxylamine groups is 2. The van der Waals surface area contributed by atoms with Crippen molar-refractivity contribution in [3.8, 4) is 11.5 Å². The molecule has 30 heavy (non-hydrogen) atoms. The number of carbonyl (C=O) groups is 2. The smallest absolute Gasteiger partial charge is 0.408 e. The molecule has 1 atom stereocenters. The average Bonchev–Trinajstić information content (AvgIpc) is 2.80. The number of alkyl carbamates (subject to hydrolysis) is 1. The van der Waals surface area contributed by atoms with Crippen molar-refractivity contribution in [1.82, 2.24) is 10.4 Å². The number of carbonyl (C=O) groups excluding carboxylic acids is 2. The third-order valence-electron chi connectivity index (χ3n) is 4.70. The van der Waals surface area contributed by atoms with Gasteiger partial charge >= 0.3 is 6.09 Å². The second-order valence-corrected chi connectivity index (χ2v) is 8.35. The van der Waals surface area contributed by atoms with Crippen LogP contribution in [0.25, 0.3) is 0 Å². The van der Waals surface area contributed by atoms with Crippen LogP contribution >= 0.6 is 0 Å². The monoisotopic (exact) mass is 421 g/mol. The van der Waals surface area contributed by atoms with E-state index >= 15 is 0 Å². The molecule has 0 bridgehead atoms. The first-order valence-electron chi connectivity index (χ1n) is 10.3. The summed E-state index contributed by atoms with van der Waals surface area (Å²) in [6, 6.07) is 4.48. The number of nitrogens with zero attached hydrogens (tertiary/aromatic N) is 2. The van der Waals surface area contributed by atoms with Crippen molar-refractivity contribution in [2.45, 2.75) is 45.3 Å². The maximum absolute atomic E-state index is 12.9. The molecule has 3 rings (SSSR count). The highest BCUT2D eigenvalue weighted by molar-refractivity contribution is 6.00. The van der Waals surface area contributed by atoms with Crippen molar-refractivity contribution in [3.63, 3.8) is 0 Å². The van der Waals surface area contributed by atoms with E-state index in [9.17, 15) is 9.59 Å². The van der Waals surface area contributed by atoms with Crippen LogP contribution in [0, 0.1) is 0 Å². The van der Waals surface area contributed by atoms with E-state index in [4.69, 9.17) is 19.0 Å². The van der Waals surface area contributed by atoms with Crippen LogP contribution in [-0.4, -0.2) is 68.7 Å². The summed E-state index contributed by atoms with van der Waals surface area (Å²) in [7, 11) is 1.64. The van der Waals surface area contributed by atoms with Gasteiger partial charge in [-0.2, -0.15) is 5.06 Å². The lowest BCUT2D eigenvalue weighted by Gasteiger charge is -2.26. The van der Waals surface area contributed by atoms with E-state index in [1.807, 2.05) is 5.06 Å². The van der Waals surface area contributed by atoms with Gasteiger partial charge < -0.3 is 24.4 Å². The second-order valence-electron chi connectivity index (χ2n) is 8.35. The Balaban J connectivity index is 1.60. The number of benzene rings is 1. The molecule has 0 aliphatic carbocycles. The number of rotatable bonds is 5. The molecular formula is C21H31N3O6. The fraction of sp³-hybridized carbons (Fsp3) is 0.619. The Morgan fingerprint density at radius 2 is 2.10 bits per heavy atom. The zero-order valence-electron chi connectivity index (χ0n) is 18.1. The molecule has 0 unspecified atom stereocenters. The predicted molar refractivity (Wildman–Crippen MR) is 111 cm³/mol. The minimum atomic E-state index is -0.849. The number of ether oxygens (including phenoxy) is 3. The van der Waals surface area contributed by atoms with Gasteiger partial charge in [-0.15, -0.1) is 0 Å². The van der Waals surface area contributed by atoms with Gasteiger partial charge in [0.1, 0.15) is 36.4 Å². The van der Waals surface area contributed by atoms with Gasteiger partial charge in [-0.3, -0.25) is 9.63 Å². The van der Waals surface area contributed by atoms with Crippen LogP contribution in [0.15, 0.2) is 18.2 Å². The summed E-state index contributed by atoms with van der Waals surface area (Å²) in [4.78, 5) is 32.0. The topological polar surface area (TPSA) is 89.6 Å². The van der Waals surface area contributed by atoms with Crippen molar-refractivity contribution < 1.29 is 28.6 Å². The normalized spacial score (nSPS) is 20.1. The number of likely N-dealkylation sites (N-methyl/N-ethyl adjacent to an activating group) is 1. The van der Waals surface area contributed by atoms with Crippen LogP contribution in [0.1, 0.15) is 33.6 Å². The first-order valence-corrected chi connectivity index (χ1v) is 10.3. The molecule has 0 saturated carbocycles. The third kappa shape index (κ3) is 5.99. The molecule has 1 aromatic rings. The summed E-state index contributed by atoms with van der Waals surface area (Å²) in [5.41, 5.74) is -0.0702. The van der Waals surface area contributed by atoms with Crippen LogP contribution < -0.4 is 19.7 Å². The van der Waals surface area contributed by atoms with Crippen molar-refractivity contribution in [3.05, 3.63) is 18.2 Å². The van der Waals surface area contributed by atoms with Crippen LogP contribution in [0.3, 0.4) is 0 Å². The molecule has 1 N–H and O–H groups in total. The molecule has 9 heteroatoms. The molecule has 2 aliphatic rings. The lowest BCUT2D eigenvalue weighted by atomic mass is 10.2. The molecule has 9 nitrogen and oxygen atoms in total. The zero-order valence-corrected chi connectivity index (χ0v) is 18.1.